The van der Waals surface area contributed by atoms with E-state index >= 15 is 0 Å². The summed E-state index contributed by atoms with van der Waals surface area (Å²) < 4.78 is 0. The first-order chi connectivity index (χ1) is 9.10. The summed E-state index contributed by atoms with van der Waals surface area (Å²) in [5.74, 6) is 2.19. The Kier molecular flexibility index (Phi) is 1.98. The van der Waals surface area contributed by atoms with Crippen LogP contribution >= 0.6 is 0 Å². The first kappa shape index (κ1) is 11.6. The maximum absolute atomic E-state index is 2.74. The van der Waals surface area contributed by atoms with Crippen LogP contribution in [-0.2, 0) is 0 Å². The lowest BCUT2D eigenvalue weighted by Gasteiger charge is -2.61. The zero-order chi connectivity index (χ0) is 12.9. The van der Waals surface area contributed by atoms with Crippen LogP contribution < -0.4 is 0 Å². The predicted molar refractivity (Wildman–Crippen MR) is 78.0 cm³/mol. The van der Waals surface area contributed by atoms with Gasteiger partial charge in [-0.05, 0) is 88.0 Å². The molecule has 5 unspecified atom stereocenters. The molecular weight excluding hydrogens is 230 g/mol. The molecule has 4 aliphatic carbocycles. The van der Waals surface area contributed by atoms with E-state index in [9.17, 15) is 0 Å². The lowest BCUT2D eigenvalue weighted by atomic mass is 9.64. The van der Waals surface area contributed by atoms with Crippen LogP contribution in [0.25, 0.3) is 0 Å². The first-order valence-corrected chi connectivity index (χ1v) is 8.83. The second-order valence-electron chi connectivity index (χ2n) is 9.09. The van der Waals surface area contributed by atoms with E-state index in [1.54, 1.807) is 57.8 Å². The van der Waals surface area contributed by atoms with Gasteiger partial charge in [0.2, 0.25) is 0 Å². The average Bonchev–Trinajstić information content (AvgIpc) is 3.27. The van der Waals surface area contributed by atoms with Crippen molar-refractivity contribution in [1.82, 2.24) is 4.90 Å². The van der Waals surface area contributed by atoms with Gasteiger partial charge in [0.15, 0.2) is 0 Å². The quantitative estimate of drug-likeness (QED) is 0.629. The fourth-order valence-corrected chi connectivity index (χ4v) is 7.08. The molecule has 0 aromatic heterocycles. The summed E-state index contributed by atoms with van der Waals surface area (Å²) in [6, 6.07) is 0.946. The molecule has 1 nitrogen and oxygen atoms in total. The van der Waals surface area contributed by atoms with Crippen molar-refractivity contribution in [2.24, 2.45) is 22.7 Å². The number of nitrogens with zero attached hydrogens (tertiary/aromatic N) is 1. The van der Waals surface area contributed by atoms with Crippen molar-refractivity contribution in [3.63, 3.8) is 0 Å². The Morgan fingerprint density at radius 1 is 0.947 bits per heavy atom. The topological polar surface area (TPSA) is 3.24 Å². The van der Waals surface area contributed by atoms with Crippen LogP contribution in [0, 0.1) is 22.7 Å². The number of hydrogen-bond donors (Lipinski definition) is 0. The van der Waals surface area contributed by atoms with Crippen LogP contribution in [0.2, 0.25) is 0 Å². The fraction of sp³-hybridized carbons (Fsp3) is 1.00. The molecule has 0 amide bonds. The Labute approximate surface area is 118 Å². The predicted octanol–water partition coefficient (Wildman–Crippen LogP) is 4.22. The van der Waals surface area contributed by atoms with Gasteiger partial charge in [0, 0.05) is 11.6 Å². The molecule has 4 saturated carbocycles. The molecule has 6 rings (SSSR count). The Balaban J connectivity index is 1.44. The molecule has 0 aromatic carbocycles. The van der Waals surface area contributed by atoms with Crippen LogP contribution in [0.4, 0.5) is 0 Å². The minimum Gasteiger partial charge on any atom is -0.298 e. The van der Waals surface area contributed by atoms with E-state index < -0.39 is 0 Å². The summed E-state index contributed by atoms with van der Waals surface area (Å²) in [4.78, 5) is 2.74. The van der Waals surface area contributed by atoms with Gasteiger partial charge in [0.1, 0.15) is 0 Å². The normalized spacial score (nSPS) is 58.1. The van der Waals surface area contributed by atoms with Crippen LogP contribution in [0.1, 0.15) is 71.1 Å². The summed E-state index contributed by atoms with van der Waals surface area (Å²) in [5.41, 5.74) is 2.28. The molecule has 5 atom stereocenters. The highest BCUT2D eigenvalue weighted by Crippen LogP contribution is 2.79. The van der Waals surface area contributed by atoms with Gasteiger partial charge in [-0.25, -0.2) is 0 Å². The van der Waals surface area contributed by atoms with E-state index in [1.807, 2.05) is 0 Å². The molecule has 2 bridgehead atoms. The maximum Gasteiger partial charge on any atom is 0.0232 e. The summed E-state index contributed by atoms with van der Waals surface area (Å²) >= 11 is 0. The van der Waals surface area contributed by atoms with Crippen molar-refractivity contribution in [2.45, 2.75) is 82.7 Å². The first-order valence-electron chi connectivity index (χ1n) is 8.83. The summed E-state index contributed by atoms with van der Waals surface area (Å²) in [6.07, 6.45) is 15.6. The molecule has 1 heteroatoms. The molecule has 6 fully saturated rings. The third-order valence-corrected chi connectivity index (χ3v) is 8.48. The second-order valence-corrected chi connectivity index (χ2v) is 9.09. The van der Waals surface area contributed by atoms with Crippen LogP contribution in [-0.4, -0.2) is 23.5 Å². The molecule has 19 heavy (non-hydrogen) atoms. The van der Waals surface area contributed by atoms with E-state index in [2.05, 4.69) is 18.9 Å². The van der Waals surface area contributed by atoms with Crippen molar-refractivity contribution in [3.05, 3.63) is 0 Å². The Morgan fingerprint density at radius 3 is 2.47 bits per heavy atom. The number of rotatable bonds is 0. The molecule has 6 aliphatic rings. The van der Waals surface area contributed by atoms with Crippen LogP contribution in [0.15, 0.2) is 0 Å². The van der Waals surface area contributed by atoms with Crippen molar-refractivity contribution in [1.29, 1.82) is 0 Å². The molecule has 2 spiro atoms. The molecular formula is C18H29N. The van der Waals surface area contributed by atoms with Gasteiger partial charge < -0.3 is 0 Å². The maximum atomic E-state index is 2.74. The molecule has 0 radical (unpaired) electrons. The highest BCUT2D eigenvalue weighted by Gasteiger charge is 2.77. The van der Waals surface area contributed by atoms with Gasteiger partial charge in [0.25, 0.3) is 0 Å². The van der Waals surface area contributed by atoms with E-state index in [-0.39, 0.29) is 0 Å². The van der Waals surface area contributed by atoms with Gasteiger partial charge in [-0.1, -0.05) is 12.8 Å². The van der Waals surface area contributed by atoms with E-state index in [4.69, 9.17) is 0 Å². The van der Waals surface area contributed by atoms with Gasteiger partial charge >= 0.3 is 0 Å². The zero-order valence-electron chi connectivity index (χ0n) is 12.8. The van der Waals surface area contributed by atoms with Gasteiger partial charge in [-0.3, -0.25) is 4.90 Å². The van der Waals surface area contributed by atoms with Gasteiger partial charge in [0.05, 0.1) is 0 Å². The highest BCUT2D eigenvalue weighted by molar-refractivity contribution is 5.29. The molecule has 0 N–H and O–H groups in total. The second kappa shape index (κ2) is 3.24. The van der Waals surface area contributed by atoms with Crippen molar-refractivity contribution in [3.8, 4) is 0 Å². The fourth-order valence-electron chi connectivity index (χ4n) is 7.08. The lowest BCUT2D eigenvalue weighted by Crippen LogP contribution is -2.67. The standard InChI is InChI=1S/C18H29N/c1-16-11-13(19(16)2)12-18-7-4-3-6-17(9-10-17)8-5-14(18)15(16)18/h13-15H,3-12H2,1-2H3. The smallest absolute Gasteiger partial charge is 0.0232 e. The summed E-state index contributed by atoms with van der Waals surface area (Å²) in [7, 11) is 2.40. The van der Waals surface area contributed by atoms with E-state index in [1.165, 1.54) is 6.42 Å². The largest absolute Gasteiger partial charge is 0.298 e. The molecule has 2 saturated heterocycles. The summed E-state index contributed by atoms with van der Waals surface area (Å²) in [5, 5.41) is 0. The SMILES string of the molecule is CN1C2CC34CCCCC5(CCC3C4C1(C)C2)CC5. The van der Waals surface area contributed by atoms with E-state index in [0.717, 1.165) is 28.7 Å². The van der Waals surface area contributed by atoms with Crippen molar-refractivity contribution >= 4 is 0 Å². The van der Waals surface area contributed by atoms with Crippen LogP contribution in [0.5, 0.6) is 0 Å². The van der Waals surface area contributed by atoms with Gasteiger partial charge in [-0.2, -0.15) is 0 Å². The Bertz CT molecular complexity index is 425. The molecule has 0 aromatic rings. The third-order valence-electron chi connectivity index (χ3n) is 8.48. The molecule has 106 valence electrons. The molecule has 2 heterocycles. The lowest BCUT2D eigenvalue weighted by molar-refractivity contribution is -0.110. The average molecular weight is 259 g/mol. The van der Waals surface area contributed by atoms with Gasteiger partial charge in [-0.15, -0.1) is 0 Å². The number of piperidine rings is 1. The zero-order valence-corrected chi connectivity index (χ0v) is 12.8. The van der Waals surface area contributed by atoms with Crippen LogP contribution in [0.3, 0.4) is 0 Å². The molecule has 2 aliphatic heterocycles. The van der Waals surface area contributed by atoms with Crippen molar-refractivity contribution in [2.75, 3.05) is 7.05 Å². The third kappa shape index (κ3) is 1.27. The minimum atomic E-state index is 0.601. The summed E-state index contributed by atoms with van der Waals surface area (Å²) in [6.45, 7) is 2.58. The Hall–Kier alpha value is -0.0400. The number of hydrogen-bond acceptors (Lipinski definition) is 1. The van der Waals surface area contributed by atoms with E-state index in [0.29, 0.717) is 5.54 Å². The highest BCUT2D eigenvalue weighted by atomic mass is 15.3. The monoisotopic (exact) mass is 259 g/mol. The minimum absolute atomic E-state index is 0.601. The van der Waals surface area contributed by atoms with Crippen molar-refractivity contribution < 1.29 is 0 Å². The Morgan fingerprint density at radius 2 is 1.74 bits per heavy atom.